The van der Waals surface area contributed by atoms with Crippen molar-refractivity contribution in [2.75, 3.05) is 32.8 Å². The molecule has 0 spiro atoms. The number of ether oxygens (including phenoxy) is 1. The minimum Gasteiger partial charge on any atom is -0.491 e. The van der Waals surface area contributed by atoms with Gasteiger partial charge in [-0.05, 0) is 55.6 Å². The topological polar surface area (TPSA) is 96.3 Å². The van der Waals surface area contributed by atoms with Gasteiger partial charge in [-0.25, -0.2) is 4.79 Å². The van der Waals surface area contributed by atoms with E-state index in [2.05, 4.69) is 20.9 Å². The summed E-state index contributed by atoms with van der Waals surface area (Å²) in [5.41, 5.74) is 1.76. The number of nitrogens with one attached hydrogen (secondary N) is 1. The Morgan fingerprint density at radius 1 is 1.18 bits per heavy atom. The Balaban J connectivity index is 1.28. The van der Waals surface area contributed by atoms with Crippen LogP contribution in [-0.2, 0) is 6.42 Å². The van der Waals surface area contributed by atoms with Crippen molar-refractivity contribution in [2.45, 2.75) is 25.2 Å². The first-order valence-electron chi connectivity index (χ1n) is 11.8. The zero-order chi connectivity index (χ0) is 23.3. The molecule has 0 unspecified atom stereocenters. The van der Waals surface area contributed by atoms with E-state index < -0.39 is 0 Å². The molecular formula is C26H29N5O3. The minimum atomic E-state index is -0.212. The summed E-state index contributed by atoms with van der Waals surface area (Å²) >= 11 is 0. The highest BCUT2D eigenvalue weighted by Crippen LogP contribution is 2.26. The van der Waals surface area contributed by atoms with Gasteiger partial charge in [-0.2, -0.15) is 4.68 Å². The van der Waals surface area contributed by atoms with E-state index in [9.17, 15) is 4.79 Å². The lowest BCUT2D eigenvalue weighted by molar-refractivity contribution is 0.200. The number of likely N-dealkylation sites (tertiary alicyclic amines) is 1. The fourth-order valence-corrected chi connectivity index (χ4v) is 4.70. The molecule has 1 fully saturated rings. The van der Waals surface area contributed by atoms with Crippen LogP contribution in [0.4, 0.5) is 0 Å². The van der Waals surface area contributed by atoms with Gasteiger partial charge in [0.25, 0.3) is 0 Å². The molecule has 5 rings (SSSR count). The van der Waals surface area contributed by atoms with E-state index in [4.69, 9.17) is 14.9 Å². The summed E-state index contributed by atoms with van der Waals surface area (Å²) in [5, 5.41) is 15.6. The van der Waals surface area contributed by atoms with Crippen LogP contribution in [0.2, 0.25) is 0 Å². The van der Waals surface area contributed by atoms with Crippen LogP contribution in [0, 0.1) is 0 Å². The molecule has 0 aliphatic carbocycles. The molecule has 0 saturated carbocycles. The van der Waals surface area contributed by atoms with E-state index in [0.29, 0.717) is 6.61 Å². The molecule has 8 nitrogen and oxygen atoms in total. The monoisotopic (exact) mass is 459 g/mol. The standard InChI is InChI=1S/C26H29N5O3/c32-14-15-34-22-7-1-4-19(16-22)10-13-30-12-3-6-21(18-30)25-28-26(33)31(29-25)24-8-2-5-20-17-27-11-9-23(20)24/h1-2,4-5,7-9,11,16-17,21,32H,3,6,10,12-15,18H2,(H,28,29,33)/t21-/m0/s1. The van der Waals surface area contributed by atoms with Gasteiger partial charge in [-0.3, -0.25) is 9.97 Å². The van der Waals surface area contributed by atoms with Gasteiger partial charge in [-0.15, -0.1) is 5.10 Å². The molecule has 1 aliphatic heterocycles. The second-order valence-electron chi connectivity index (χ2n) is 8.71. The summed E-state index contributed by atoms with van der Waals surface area (Å²) < 4.78 is 7.01. The van der Waals surface area contributed by atoms with E-state index in [0.717, 1.165) is 66.9 Å². The number of piperidine rings is 1. The lowest BCUT2D eigenvalue weighted by Gasteiger charge is -2.31. The van der Waals surface area contributed by atoms with Crippen molar-refractivity contribution < 1.29 is 9.84 Å². The Morgan fingerprint density at radius 2 is 2.09 bits per heavy atom. The molecule has 0 bridgehead atoms. The smallest absolute Gasteiger partial charge is 0.348 e. The molecule has 4 aromatic rings. The first kappa shape index (κ1) is 22.3. The molecule has 3 heterocycles. The largest absolute Gasteiger partial charge is 0.491 e. The molecule has 2 aromatic heterocycles. The van der Waals surface area contributed by atoms with Crippen molar-refractivity contribution in [1.29, 1.82) is 0 Å². The van der Waals surface area contributed by atoms with Gasteiger partial charge in [0.2, 0.25) is 0 Å². The minimum absolute atomic E-state index is 0.00888. The predicted octanol–water partition coefficient (Wildman–Crippen LogP) is 2.90. The molecule has 0 amide bonds. The van der Waals surface area contributed by atoms with E-state index in [1.165, 1.54) is 10.2 Å². The number of aromatic amines is 1. The van der Waals surface area contributed by atoms with E-state index in [1.54, 1.807) is 12.4 Å². The van der Waals surface area contributed by atoms with Crippen molar-refractivity contribution in [3.63, 3.8) is 0 Å². The Hall–Kier alpha value is -3.49. The number of aromatic nitrogens is 4. The third kappa shape index (κ3) is 4.88. The SMILES string of the molecule is O=c1[nH]c([C@H]2CCCN(CCc3cccc(OCCO)c3)C2)nn1-c1cccc2cnccc12. The van der Waals surface area contributed by atoms with Crippen LogP contribution in [0.1, 0.15) is 30.1 Å². The van der Waals surface area contributed by atoms with Crippen LogP contribution in [0.25, 0.3) is 16.5 Å². The molecule has 1 aliphatic rings. The average Bonchev–Trinajstić information content (AvgIpc) is 3.27. The van der Waals surface area contributed by atoms with Crippen molar-refractivity contribution in [1.82, 2.24) is 24.6 Å². The van der Waals surface area contributed by atoms with E-state index in [1.807, 2.05) is 42.5 Å². The van der Waals surface area contributed by atoms with Crippen LogP contribution in [0.5, 0.6) is 5.75 Å². The van der Waals surface area contributed by atoms with Crippen molar-refractivity contribution in [2.24, 2.45) is 0 Å². The van der Waals surface area contributed by atoms with Gasteiger partial charge in [0.05, 0.1) is 12.3 Å². The molecular weight excluding hydrogens is 430 g/mol. The van der Waals surface area contributed by atoms with E-state index >= 15 is 0 Å². The number of benzene rings is 2. The maximum Gasteiger partial charge on any atom is 0.348 e. The van der Waals surface area contributed by atoms with Gasteiger partial charge >= 0.3 is 5.69 Å². The summed E-state index contributed by atoms with van der Waals surface area (Å²) in [6, 6.07) is 15.8. The summed E-state index contributed by atoms with van der Waals surface area (Å²) in [6.07, 6.45) is 6.52. The van der Waals surface area contributed by atoms with Crippen molar-refractivity contribution in [3.05, 3.63) is 82.8 Å². The summed E-state index contributed by atoms with van der Waals surface area (Å²) in [4.78, 5) is 22.4. The first-order valence-corrected chi connectivity index (χ1v) is 11.8. The van der Waals surface area contributed by atoms with Crippen LogP contribution < -0.4 is 10.4 Å². The Kier molecular flexibility index (Phi) is 6.69. The number of hydrogen-bond donors (Lipinski definition) is 2. The number of rotatable bonds is 8. The fraction of sp³-hybridized carbons (Fsp3) is 0.346. The van der Waals surface area contributed by atoms with Crippen LogP contribution >= 0.6 is 0 Å². The highest BCUT2D eigenvalue weighted by atomic mass is 16.5. The molecule has 1 atom stereocenters. The number of hydrogen-bond acceptors (Lipinski definition) is 6. The molecule has 1 saturated heterocycles. The second kappa shape index (κ2) is 10.2. The third-order valence-electron chi connectivity index (χ3n) is 6.39. The Morgan fingerprint density at radius 3 is 3.00 bits per heavy atom. The maximum absolute atomic E-state index is 12.8. The van der Waals surface area contributed by atoms with Gasteiger partial charge < -0.3 is 14.7 Å². The number of fused-ring (bicyclic) bond motifs is 1. The Bertz CT molecular complexity index is 1310. The normalized spacial score (nSPS) is 16.7. The summed E-state index contributed by atoms with van der Waals surface area (Å²) in [7, 11) is 0. The maximum atomic E-state index is 12.8. The number of H-pyrrole nitrogens is 1. The number of nitrogens with zero attached hydrogens (tertiary/aromatic N) is 4. The Labute approximate surface area is 197 Å². The number of aliphatic hydroxyl groups excluding tert-OH is 1. The number of aliphatic hydroxyl groups is 1. The number of pyridine rings is 1. The predicted molar refractivity (Wildman–Crippen MR) is 131 cm³/mol. The van der Waals surface area contributed by atoms with Crippen LogP contribution in [0.15, 0.2) is 65.7 Å². The zero-order valence-electron chi connectivity index (χ0n) is 19.1. The fourth-order valence-electron chi connectivity index (χ4n) is 4.70. The lowest BCUT2D eigenvalue weighted by Crippen LogP contribution is -2.36. The summed E-state index contributed by atoms with van der Waals surface area (Å²) in [6.45, 7) is 3.15. The molecule has 8 heteroatoms. The van der Waals surface area contributed by atoms with Crippen LogP contribution in [-0.4, -0.2) is 62.6 Å². The van der Waals surface area contributed by atoms with Crippen LogP contribution in [0.3, 0.4) is 0 Å². The second-order valence-corrected chi connectivity index (χ2v) is 8.71. The van der Waals surface area contributed by atoms with Crippen molar-refractivity contribution >= 4 is 10.8 Å². The van der Waals surface area contributed by atoms with Crippen molar-refractivity contribution in [3.8, 4) is 11.4 Å². The summed E-state index contributed by atoms with van der Waals surface area (Å²) in [5.74, 6) is 1.73. The lowest BCUT2D eigenvalue weighted by atomic mass is 9.97. The molecule has 34 heavy (non-hydrogen) atoms. The first-order chi connectivity index (χ1) is 16.7. The van der Waals surface area contributed by atoms with E-state index in [-0.39, 0.29) is 18.2 Å². The van der Waals surface area contributed by atoms with Gasteiger partial charge in [0.15, 0.2) is 0 Å². The highest BCUT2D eigenvalue weighted by molar-refractivity contribution is 5.89. The molecule has 176 valence electrons. The third-order valence-corrected chi connectivity index (χ3v) is 6.39. The highest BCUT2D eigenvalue weighted by Gasteiger charge is 2.25. The molecule has 2 aromatic carbocycles. The molecule has 2 N–H and O–H groups in total. The van der Waals surface area contributed by atoms with Gasteiger partial charge in [-0.1, -0.05) is 24.3 Å². The zero-order valence-corrected chi connectivity index (χ0v) is 19.1. The van der Waals surface area contributed by atoms with Gasteiger partial charge in [0.1, 0.15) is 18.2 Å². The quantitative estimate of drug-likeness (QED) is 0.421. The van der Waals surface area contributed by atoms with Gasteiger partial charge in [0, 0.05) is 42.2 Å². The average molecular weight is 460 g/mol. The molecule has 0 radical (unpaired) electrons.